The molecule has 0 fully saturated rings. The lowest BCUT2D eigenvalue weighted by atomic mass is 10.2. The van der Waals surface area contributed by atoms with Gasteiger partial charge in [0.1, 0.15) is 5.82 Å². The maximum absolute atomic E-state index is 10.8. The minimum atomic E-state index is -0.125. The predicted molar refractivity (Wildman–Crippen MR) is 70.1 cm³/mol. The van der Waals surface area contributed by atoms with Gasteiger partial charge in [0.05, 0.1) is 11.9 Å². The Balaban J connectivity index is 1.92. The third-order valence-corrected chi connectivity index (χ3v) is 2.31. The molecular formula is C13H14N4O. The summed E-state index contributed by atoms with van der Waals surface area (Å²) < 4.78 is 0. The van der Waals surface area contributed by atoms with Crippen molar-refractivity contribution >= 4 is 17.4 Å². The summed E-state index contributed by atoms with van der Waals surface area (Å²) in [6.07, 6.45) is 5.21. The highest BCUT2D eigenvalue weighted by molar-refractivity contribution is 5.87. The van der Waals surface area contributed by atoms with Crippen LogP contribution in [-0.4, -0.2) is 15.9 Å². The first kappa shape index (κ1) is 12.0. The Morgan fingerprint density at radius 1 is 1.22 bits per heavy atom. The van der Waals surface area contributed by atoms with Crippen molar-refractivity contribution in [2.75, 3.05) is 10.6 Å². The Hall–Kier alpha value is -2.43. The topological polar surface area (TPSA) is 66.9 Å². The molecule has 0 aliphatic rings. The average Bonchev–Trinajstić information content (AvgIpc) is 2.38. The molecule has 2 aromatic heterocycles. The molecule has 1 amide bonds. The van der Waals surface area contributed by atoms with E-state index in [1.54, 1.807) is 24.7 Å². The third kappa shape index (κ3) is 3.55. The first-order valence-electron chi connectivity index (χ1n) is 5.60. The van der Waals surface area contributed by atoms with Crippen LogP contribution in [0.2, 0.25) is 0 Å². The number of nitrogens with one attached hydrogen (secondary N) is 2. The van der Waals surface area contributed by atoms with Gasteiger partial charge in [0, 0.05) is 25.9 Å². The minimum absolute atomic E-state index is 0.125. The monoisotopic (exact) mass is 242 g/mol. The smallest absolute Gasteiger partial charge is 0.222 e. The summed E-state index contributed by atoms with van der Waals surface area (Å²) in [7, 11) is 0. The van der Waals surface area contributed by atoms with E-state index >= 15 is 0 Å². The zero-order valence-electron chi connectivity index (χ0n) is 10.1. The quantitative estimate of drug-likeness (QED) is 0.861. The van der Waals surface area contributed by atoms with Gasteiger partial charge in [-0.25, -0.2) is 4.98 Å². The van der Waals surface area contributed by atoms with Crippen LogP contribution in [0.3, 0.4) is 0 Å². The molecule has 2 rings (SSSR count). The molecule has 2 N–H and O–H groups in total. The lowest BCUT2D eigenvalue weighted by Crippen LogP contribution is -2.07. The van der Waals surface area contributed by atoms with Crippen LogP contribution in [0.5, 0.6) is 0 Å². The fraction of sp³-hybridized carbons (Fsp3) is 0.154. The van der Waals surface area contributed by atoms with Gasteiger partial charge >= 0.3 is 0 Å². The van der Waals surface area contributed by atoms with Crippen molar-refractivity contribution in [3.63, 3.8) is 0 Å². The molecule has 2 heterocycles. The highest BCUT2D eigenvalue weighted by Gasteiger charge is 1.98. The van der Waals surface area contributed by atoms with E-state index < -0.39 is 0 Å². The van der Waals surface area contributed by atoms with Crippen molar-refractivity contribution in [3.8, 4) is 0 Å². The van der Waals surface area contributed by atoms with Crippen molar-refractivity contribution in [3.05, 3.63) is 48.4 Å². The molecule has 0 saturated heterocycles. The number of aromatic nitrogens is 2. The number of amides is 1. The second kappa shape index (κ2) is 5.77. The predicted octanol–water partition coefficient (Wildman–Crippen LogP) is 2.05. The molecule has 0 spiro atoms. The second-order valence-corrected chi connectivity index (χ2v) is 3.82. The summed E-state index contributed by atoms with van der Waals surface area (Å²) >= 11 is 0. The zero-order chi connectivity index (χ0) is 12.8. The molecule has 5 heteroatoms. The summed E-state index contributed by atoms with van der Waals surface area (Å²) in [5.74, 6) is 0.428. The summed E-state index contributed by atoms with van der Waals surface area (Å²) in [5, 5.41) is 5.86. The second-order valence-electron chi connectivity index (χ2n) is 3.82. The Labute approximate surface area is 105 Å². The highest BCUT2D eigenvalue weighted by Crippen LogP contribution is 2.10. The summed E-state index contributed by atoms with van der Waals surface area (Å²) in [5.41, 5.74) is 2.05. The summed E-state index contributed by atoms with van der Waals surface area (Å²) in [6.45, 7) is 2.17. The van der Waals surface area contributed by atoms with Crippen molar-refractivity contribution in [2.45, 2.75) is 13.5 Å². The fourth-order valence-corrected chi connectivity index (χ4v) is 1.46. The molecule has 0 aliphatic carbocycles. The number of hydrogen-bond donors (Lipinski definition) is 2. The van der Waals surface area contributed by atoms with Crippen molar-refractivity contribution < 1.29 is 4.79 Å². The van der Waals surface area contributed by atoms with Crippen LogP contribution in [0.4, 0.5) is 11.5 Å². The lowest BCUT2D eigenvalue weighted by Gasteiger charge is -2.07. The number of nitrogens with zero attached hydrogens (tertiary/aromatic N) is 2. The molecular weight excluding hydrogens is 228 g/mol. The van der Waals surface area contributed by atoms with Gasteiger partial charge in [-0.1, -0.05) is 0 Å². The van der Waals surface area contributed by atoms with E-state index in [-0.39, 0.29) is 5.91 Å². The first-order chi connectivity index (χ1) is 8.74. The van der Waals surface area contributed by atoms with Crippen LogP contribution < -0.4 is 10.6 Å². The number of pyridine rings is 2. The van der Waals surface area contributed by atoms with Crippen molar-refractivity contribution in [1.82, 2.24) is 9.97 Å². The molecule has 0 aliphatic heterocycles. The van der Waals surface area contributed by atoms with Crippen LogP contribution in [-0.2, 0) is 11.3 Å². The molecule has 18 heavy (non-hydrogen) atoms. The standard InChI is InChI=1S/C13H14N4O/c1-10(18)17-13-3-2-12(9-16-13)15-8-11-4-6-14-7-5-11/h2-7,9,15H,8H2,1H3,(H,16,17,18). The average molecular weight is 242 g/mol. The fourth-order valence-electron chi connectivity index (χ4n) is 1.46. The van der Waals surface area contributed by atoms with E-state index in [0.717, 1.165) is 11.3 Å². The third-order valence-electron chi connectivity index (χ3n) is 2.31. The van der Waals surface area contributed by atoms with Gasteiger partial charge in [-0.2, -0.15) is 0 Å². The maximum Gasteiger partial charge on any atom is 0.222 e. The van der Waals surface area contributed by atoms with Gasteiger partial charge in [0.15, 0.2) is 0 Å². The molecule has 92 valence electrons. The first-order valence-corrected chi connectivity index (χ1v) is 5.60. The Bertz CT molecular complexity index is 510. The molecule has 0 saturated carbocycles. The van der Waals surface area contributed by atoms with Crippen LogP contribution in [0.1, 0.15) is 12.5 Å². The van der Waals surface area contributed by atoms with Crippen LogP contribution in [0, 0.1) is 0 Å². The largest absolute Gasteiger partial charge is 0.380 e. The molecule has 2 aromatic rings. The zero-order valence-corrected chi connectivity index (χ0v) is 10.1. The Morgan fingerprint density at radius 2 is 2.00 bits per heavy atom. The van der Waals surface area contributed by atoms with Crippen LogP contribution in [0.25, 0.3) is 0 Å². The Kier molecular flexibility index (Phi) is 3.86. The number of hydrogen-bond acceptors (Lipinski definition) is 4. The number of carbonyl (C=O) groups excluding carboxylic acids is 1. The molecule has 0 aromatic carbocycles. The summed E-state index contributed by atoms with van der Waals surface area (Å²) in [4.78, 5) is 18.9. The normalized spacial score (nSPS) is 9.83. The summed E-state index contributed by atoms with van der Waals surface area (Å²) in [6, 6.07) is 7.54. The Morgan fingerprint density at radius 3 is 2.61 bits per heavy atom. The molecule has 0 atom stereocenters. The van der Waals surface area contributed by atoms with E-state index in [4.69, 9.17) is 0 Å². The molecule has 0 unspecified atom stereocenters. The lowest BCUT2D eigenvalue weighted by molar-refractivity contribution is -0.114. The van der Waals surface area contributed by atoms with E-state index in [1.165, 1.54) is 6.92 Å². The number of rotatable bonds is 4. The van der Waals surface area contributed by atoms with Crippen LogP contribution in [0.15, 0.2) is 42.9 Å². The van der Waals surface area contributed by atoms with Gasteiger partial charge in [-0.05, 0) is 29.8 Å². The van der Waals surface area contributed by atoms with Gasteiger partial charge in [0.2, 0.25) is 5.91 Å². The van der Waals surface area contributed by atoms with Crippen LogP contribution >= 0.6 is 0 Å². The van der Waals surface area contributed by atoms with Gasteiger partial charge < -0.3 is 10.6 Å². The maximum atomic E-state index is 10.8. The van der Waals surface area contributed by atoms with E-state index in [2.05, 4.69) is 20.6 Å². The van der Waals surface area contributed by atoms with Gasteiger partial charge in [-0.3, -0.25) is 9.78 Å². The molecule has 5 nitrogen and oxygen atoms in total. The number of anilines is 2. The molecule has 0 radical (unpaired) electrons. The highest BCUT2D eigenvalue weighted by atomic mass is 16.1. The van der Waals surface area contributed by atoms with E-state index in [1.807, 2.05) is 18.2 Å². The molecule has 0 bridgehead atoms. The minimum Gasteiger partial charge on any atom is -0.380 e. The SMILES string of the molecule is CC(=O)Nc1ccc(NCc2ccncc2)cn1. The van der Waals surface area contributed by atoms with Gasteiger partial charge in [0.25, 0.3) is 0 Å². The van der Waals surface area contributed by atoms with Crippen molar-refractivity contribution in [2.24, 2.45) is 0 Å². The number of carbonyl (C=O) groups is 1. The van der Waals surface area contributed by atoms with E-state index in [0.29, 0.717) is 12.4 Å². The van der Waals surface area contributed by atoms with Gasteiger partial charge in [-0.15, -0.1) is 0 Å². The van der Waals surface area contributed by atoms with E-state index in [9.17, 15) is 4.79 Å². The van der Waals surface area contributed by atoms with Crippen molar-refractivity contribution in [1.29, 1.82) is 0 Å².